The number of aromatic nitrogens is 1. The Hall–Kier alpha value is -0.540. The highest BCUT2D eigenvalue weighted by Gasteiger charge is 2.11. The van der Waals surface area contributed by atoms with Gasteiger partial charge in [-0.25, -0.2) is 0 Å². The van der Waals surface area contributed by atoms with Gasteiger partial charge in [0.25, 0.3) is 0 Å². The first kappa shape index (κ1) is 10.5. The number of rotatable bonds is 2. The zero-order chi connectivity index (χ0) is 9.90. The summed E-state index contributed by atoms with van der Waals surface area (Å²) in [7, 11) is 0. The fourth-order valence-corrected chi connectivity index (χ4v) is 1.89. The fourth-order valence-electron chi connectivity index (χ4n) is 0.946. The zero-order valence-electron chi connectivity index (χ0n) is 8.37. The van der Waals surface area contributed by atoms with Crippen LogP contribution in [0.25, 0.3) is 0 Å². The number of thioether (sulfide) groups is 1. The van der Waals surface area contributed by atoms with Crippen LogP contribution in [0.2, 0.25) is 0 Å². The second-order valence-electron chi connectivity index (χ2n) is 3.90. The smallest absolute Gasteiger partial charge is 0.0540 e. The zero-order valence-corrected chi connectivity index (χ0v) is 9.19. The van der Waals surface area contributed by atoms with Crippen LogP contribution < -0.4 is 5.73 Å². The number of hydrogen-bond donors (Lipinski definition) is 1. The maximum atomic E-state index is 5.46. The van der Waals surface area contributed by atoms with Crippen molar-refractivity contribution in [2.45, 2.75) is 37.0 Å². The van der Waals surface area contributed by atoms with Gasteiger partial charge in [-0.15, -0.1) is 11.8 Å². The molecule has 0 atom stereocenters. The molecule has 1 rings (SSSR count). The van der Waals surface area contributed by atoms with Gasteiger partial charge in [0.1, 0.15) is 0 Å². The van der Waals surface area contributed by atoms with E-state index in [0.717, 1.165) is 5.69 Å². The Labute approximate surface area is 83.9 Å². The third kappa shape index (κ3) is 3.79. The van der Waals surface area contributed by atoms with Crippen molar-refractivity contribution in [3.63, 3.8) is 0 Å². The summed E-state index contributed by atoms with van der Waals surface area (Å²) in [5.74, 6) is 0. The summed E-state index contributed by atoms with van der Waals surface area (Å²) < 4.78 is 0.242. The molecule has 0 saturated heterocycles. The van der Waals surface area contributed by atoms with Crippen LogP contribution in [0, 0.1) is 0 Å². The van der Waals surface area contributed by atoms with Gasteiger partial charge in [-0.2, -0.15) is 0 Å². The molecule has 2 N–H and O–H groups in total. The minimum absolute atomic E-state index is 0.242. The fraction of sp³-hybridized carbons (Fsp3) is 0.500. The molecule has 0 radical (unpaired) electrons. The van der Waals surface area contributed by atoms with Gasteiger partial charge in [-0.3, -0.25) is 4.98 Å². The van der Waals surface area contributed by atoms with E-state index in [0.29, 0.717) is 6.54 Å². The van der Waals surface area contributed by atoms with Crippen molar-refractivity contribution < 1.29 is 0 Å². The Morgan fingerprint density at radius 3 is 2.46 bits per heavy atom. The van der Waals surface area contributed by atoms with Gasteiger partial charge in [0, 0.05) is 22.4 Å². The highest BCUT2D eigenvalue weighted by molar-refractivity contribution is 8.00. The Morgan fingerprint density at radius 1 is 1.38 bits per heavy atom. The number of nitrogens with two attached hydrogens (primary N) is 1. The highest BCUT2D eigenvalue weighted by Crippen LogP contribution is 2.30. The highest BCUT2D eigenvalue weighted by atomic mass is 32.2. The molecule has 3 heteroatoms. The topological polar surface area (TPSA) is 38.9 Å². The first-order valence-electron chi connectivity index (χ1n) is 4.35. The van der Waals surface area contributed by atoms with Crippen LogP contribution in [0.5, 0.6) is 0 Å². The van der Waals surface area contributed by atoms with Crippen LogP contribution in [0.3, 0.4) is 0 Å². The van der Waals surface area contributed by atoms with Crippen LogP contribution in [0.4, 0.5) is 0 Å². The van der Waals surface area contributed by atoms with Crippen molar-refractivity contribution in [2.75, 3.05) is 0 Å². The molecule has 0 aliphatic rings. The van der Waals surface area contributed by atoms with Crippen molar-refractivity contribution in [1.29, 1.82) is 0 Å². The van der Waals surface area contributed by atoms with Crippen molar-refractivity contribution in [3.8, 4) is 0 Å². The van der Waals surface area contributed by atoms with E-state index in [1.165, 1.54) is 4.90 Å². The van der Waals surface area contributed by atoms with Gasteiger partial charge in [0.15, 0.2) is 0 Å². The summed E-state index contributed by atoms with van der Waals surface area (Å²) in [4.78, 5) is 5.43. The van der Waals surface area contributed by atoms with Crippen molar-refractivity contribution >= 4 is 11.8 Å². The molecule has 0 unspecified atom stereocenters. The van der Waals surface area contributed by atoms with Crippen molar-refractivity contribution in [2.24, 2.45) is 5.73 Å². The SMILES string of the molecule is CC(C)(C)Sc1ccc(CN)nc1. The van der Waals surface area contributed by atoms with Crippen LogP contribution in [0.1, 0.15) is 26.5 Å². The van der Waals surface area contributed by atoms with Crippen molar-refractivity contribution in [1.82, 2.24) is 4.98 Å². The lowest BCUT2D eigenvalue weighted by molar-refractivity contribution is 0.802. The molecule has 0 aliphatic heterocycles. The van der Waals surface area contributed by atoms with E-state index in [9.17, 15) is 0 Å². The summed E-state index contributed by atoms with van der Waals surface area (Å²) in [6.07, 6.45) is 1.89. The third-order valence-corrected chi connectivity index (χ3v) is 2.52. The van der Waals surface area contributed by atoms with Gasteiger partial charge < -0.3 is 5.73 Å². The maximum absolute atomic E-state index is 5.46. The molecule has 0 spiro atoms. The van der Waals surface area contributed by atoms with Gasteiger partial charge >= 0.3 is 0 Å². The van der Waals surface area contributed by atoms with E-state index in [4.69, 9.17) is 5.73 Å². The lowest BCUT2D eigenvalue weighted by atomic mass is 10.3. The second-order valence-corrected chi connectivity index (χ2v) is 5.80. The van der Waals surface area contributed by atoms with Crippen LogP contribution in [-0.4, -0.2) is 9.73 Å². The van der Waals surface area contributed by atoms with Crippen LogP contribution in [0.15, 0.2) is 23.2 Å². The van der Waals surface area contributed by atoms with Gasteiger partial charge in [0.2, 0.25) is 0 Å². The predicted octanol–water partition coefficient (Wildman–Crippen LogP) is 2.43. The van der Waals surface area contributed by atoms with Crippen molar-refractivity contribution in [3.05, 3.63) is 24.0 Å². The monoisotopic (exact) mass is 196 g/mol. The molecule has 0 bridgehead atoms. The van der Waals surface area contributed by atoms with E-state index >= 15 is 0 Å². The summed E-state index contributed by atoms with van der Waals surface area (Å²) >= 11 is 1.82. The average Bonchev–Trinajstić information content (AvgIpc) is 2.03. The Balaban J connectivity index is 2.70. The second kappa shape index (κ2) is 4.11. The molecule has 0 aromatic carbocycles. The predicted molar refractivity (Wildman–Crippen MR) is 57.7 cm³/mol. The molecule has 0 saturated carbocycles. The summed E-state index contributed by atoms with van der Waals surface area (Å²) in [5.41, 5.74) is 6.40. The van der Waals surface area contributed by atoms with E-state index in [2.05, 4.69) is 31.8 Å². The summed E-state index contributed by atoms with van der Waals surface area (Å²) in [5, 5.41) is 0. The largest absolute Gasteiger partial charge is 0.325 e. The molecule has 0 amide bonds. The number of hydrogen-bond acceptors (Lipinski definition) is 3. The average molecular weight is 196 g/mol. The Morgan fingerprint density at radius 2 is 2.08 bits per heavy atom. The van der Waals surface area contributed by atoms with E-state index < -0.39 is 0 Å². The van der Waals surface area contributed by atoms with E-state index in [1.54, 1.807) is 0 Å². The molecule has 2 nitrogen and oxygen atoms in total. The minimum Gasteiger partial charge on any atom is -0.325 e. The number of pyridine rings is 1. The van der Waals surface area contributed by atoms with Crippen LogP contribution >= 0.6 is 11.8 Å². The molecule has 13 heavy (non-hydrogen) atoms. The molecule has 72 valence electrons. The minimum atomic E-state index is 0.242. The van der Waals surface area contributed by atoms with Gasteiger partial charge in [0.05, 0.1) is 5.69 Å². The maximum Gasteiger partial charge on any atom is 0.0540 e. The molecule has 1 aromatic heterocycles. The molecular weight excluding hydrogens is 180 g/mol. The van der Waals surface area contributed by atoms with Crippen LogP contribution in [-0.2, 0) is 6.54 Å². The van der Waals surface area contributed by atoms with E-state index in [-0.39, 0.29) is 4.75 Å². The first-order chi connectivity index (χ1) is 6.01. The van der Waals surface area contributed by atoms with Gasteiger partial charge in [-0.05, 0) is 12.1 Å². The Bertz CT molecular complexity index is 261. The molecule has 1 heterocycles. The summed E-state index contributed by atoms with van der Waals surface area (Å²) in [6.45, 7) is 7.08. The molecule has 0 aliphatic carbocycles. The Kier molecular flexibility index (Phi) is 3.33. The molecular formula is C10H16N2S. The number of nitrogens with zero attached hydrogens (tertiary/aromatic N) is 1. The normalized spacial score (nSPS) is 11.7. The third-order valence-electron chi connectivity index (χ3n) is 1.43. The van der Waals surface area contributed by atoms with E-state index in [1.807, 2.05) is 24.0 Å². The lowest BCUT2D eigenvalue weighted by Gasteiger charge is -2.17. The standard InChI is InChI=1S/C10H16N2S/c1-10(2,3)13-9-5-4-8(6-11)12-7-9/h4-5,7H,6,11H2,1-3H3. The molecule has 0 fully saturated rings. The summed E-state index contributed by atoms with van der Waals surface area (Å²) in [6, 6.07) is 4.05. The molecule has 1 aromatic rings. The van der Waals surface area contributed by atoms with Gasteiger partial charge in [-0.1, -0.05) is 20.8 Å². The lowest BCUT2D eigenvalue weighted by Crippen LogP contribution is -2.07. The quantitative estimate of drug-likeness (QED) is 0.738. The first-order valence-corrected chi connectivity index (χ1v) is 5.17.